The molecule has 1 aliphatic heterocycles. The molecule has 1 aromatic heterocycles. The maximum absolute atomic E-state index is 13.8. The third kappa shape index (κ3) is 4.52. The summed E-state index contributed by atoms with van der Waals surface area (Å²) >= 11 is 0. The highest BCUT2D eigenvalue weighted by molar-refractivity contribution is 6.07. The molecule has 1 amide bonds. The van der Waals surface area contributed by atoms with E-state index in [1.165, 1.54) is 0 Å². The van der Waals surface area contributed by atoms with Crippen LogP contribution in [0.3, 0.4) is 0 Å². The number of fused-ring (bicyclic) bond motifs is 1. The van der Waals surface area contributed by atoms with Crippen molar-refractivity contribution in [1.29, 1.82) is 0 Å². The van der Waals surface area contributed by atoms with Crippen LogP contribution in [0.2, 0.25) is 0 Å². The lowest BCUT2D eigenvalue weighted by molar-refractivity contribution is 0.0748. The molecule has 1 fully saturated rings. The molecule has 0 spiro atoms. The van der Waals surface area contributed by atoms with E-state index in [9.17, 15) is 4.79 Å². The van der Waals surface area contributed by atoms with Crippen molar-refractivity contribution in [3.8, 4) is 28.5 Å². The third-order valence-electron chi connectivity index (χ3n) is 6.61. The topological polar surface area (TPSA) is 64.1 Å². The summed E-state index contributed by atoms with van der Waals surface area (Å²) in [6.07, 6.45) is 0. The molecule has 7 heteroatoms. The van der Waals surface area contributed by atoms with E-state index >= 15 is 0 Å². The molecular formula is C29H29N3O4. The summed E-state index contributed by atoms with van der Waals surface area (Å²) in [7, 11) is 4.89. The molecule has 5 rings (SSSR count). The van der Waals surface area contributed by atoms with Crippen molar-refractivity contribution in [3.05, 3.63) is 78.4 Å². The molecular weight excluding hydrogens is 454 g/mol. The number of rotatable bonds is 6. The van der Waals surface area contributed by atoms with E-state index in [2.05, 4.69) is 11.0 Å². The van der Waals surface area contributed by atoms with Crippen molar-refractivity contribution < 1.29 is 19.0 Å². The number of amides is 1. The molecule has 4 aromatic rings. The second-order valence-corrected chi connectivity index (χ2v) is 8.62. The molecule has 0 unspecified atom stereocenters. The van der Waals surface area contributed by atoms with Crippen molar-refractivity contribution in [2.24, 2.45) is 0 Å². The molecule has 3 aromatic carbocycles. The smallest absolute Gasteiger partial charge is 0.254 e. The summed E-state index contributed by atoms with van der Waals surface area (Å²) in [5.41, 5.74) is 4.11. The first-order valence-corrected chi connectivity index (χ1v) is 11.9. The quantitative estimate of drug-likeness (QED) is 0.389. The van der Waals surface area contributed by atoms with Crippen LogP contribution in [-0.2, 0) is 0 Å². The van der Waals surface area contributed by atoms with Crippen molar-refractivity contribution in [1.82, 2.24) is 9.88 Å². The molecule has 0 radical (unpaired) electrons. The zero-order valence-electron chi connectivity index (χ0n) is 20.7. The van der Waals surface area contributed by atoms with Crippen LogP contribution in [-0.4, -0.2) is 63.3 Å². The second kappa shape index (κ2) is 10.2. The van der Waals surface area contributed by atoms with E-state index in [1.54, 1.807) is 21.3 Å². The minimum absolute atomic E-state index is 0.0145. The van der Waals surface area contributed by atoms with Crippen LogP contribution in [0.5, 0.6) is 17.2 Å². The summed E-state index contributed by atoms with van der Waals surface area (Å²) in [5, 5.41) is 0.849. The van der Waals surface area contributed by atoms with Gasteiger partial charge in [0.25, 0.3) is 5.91 Å². The number of pyridine rings is 1. The Balaban J connectivity index is 1.44. The fraction of sp³-hybridized carbons (Fsp3) is 0.241. The Labute approximate surface area is 210 Å². The van der Waals surface area contributed by atoms with Gasteiger partial charge in [-0.05, 0) is 42.5 Å². The van der Waals surface area contributed by atoms with E-state index in [0.29, 0.717) is 35.8 Å². The summed E-state index contributed by atoms with van der Waals surface area (Å²) < 4.78 is 16.2. The molecule has 1 saturated heterocycles. The van der Waals surface area contributed by atoms with Gasteiger partial charge in [0, 0.05) is 48.9 Å². The molecule has 7 nitrogen and oxygen atoms in total. The number of methoxy groups -OCH3 is 3. The summed E-state index contributed by atoms with van der Waals surface area (Å²) in [6, 6.07) is 23.4. The number of hydrogen-bond acceptors (Lipinski definition) is 6. The first-order valence-electron chi connectivity index (χ1n) is 11.9. The van der Waals surface area contributed by atoms with Gasteiger partial charge in [-0.15, -0.1) is 0 Å². The zero-order valence-corrected chi connectivity index (χ0v) is 20.7. The Hall–Kier alpha value is -4.26. The first kappa shape index (κ1) is 23.5. The van der Waals surface area contributed by atoms with Gasteiger partial charge in [0.15, 0.2) is 11.5 Å². The lowest BCUT2D eigenvalue weighted by Gasteiger charge is -2.36. The molecule has 0 atom stereocenters. The SMILES string of the molecule is COc1cccc(N2CCN(C(=O)c3cc(-c4ccc(OC)c(OC)c4)nc4ccccc34)CC2)c1. The summed E-state index contributed by atoms with van der Waals surface area (Å²) in [6.45, 7) is 2.78. The van der Waals surface area contributed by atoms with Crippen LogP contribution in [0, 0.1) is 0 Å². The van der Waals surface area contributed by atoms with Crippen molar-refractivity contribution in [2.75, 3.05) is 52.4 Å². The molecule has 36 heavy (non-hydrogen) atoms. The van der Waals surface area contributed by atoms with Gasteiger partial charge in [0.1, 0.15) is 5.75 Å². The number of carbonyl (C=O) groups is 1. The number of carbonyl (C=O) groups excluding carboxylic acids is 1. The number of para-hydroxylation sites is 1. The number of piperazine rings is 1. The van der Waals surface area contributed by atoms with Gasteiger partial charge in [-0.25, -0.2) is 4.98 Å². The van der Waals surface area contributed by atoms with Crippen LogP contribution < -0.4 is 19.1 Å². The monoisotopic (exact) mass is 483 g/mol. The number of ether oxygens (including phenoxy) is 3. The molecule has 0 N–H and O–H groups in total. The maximum Gasteiger partial charge on any atom is 0.254 e. The number of anilines is 1. The molecule has 184 valence electrons. The Bertz CT molecular complexity index is 1400. The van der Waals surface area contributed by atoms with Gasteiger partial charge < -0.3 is 24.0 Å². The van der Waals surface area contributed by atoms with E-state index in [1.807, 2.05) is 71.6 Å². The molecule has 0 aliphatic carbocycles. The van der Waals surface area contributed by atoms with Crippen LogP contribution in [0.1, 0.15) is 10.4 Å². The fourth-order valence-corrected chi connectivity index (χ4v) is 4.64. The third-order valence-corrected chi connectivity index (χ3v) is 6.61. The van der Waals surface area contributed by atoms with Gasteiger partial charge in [-0.2, -0.15) is 0 Å². The standard InChI is InChI=1S/C29H29N3O4/c1-34-22-8-6-7-21(18-22)31-13-15-32(16-14-31)29(33)24-19-26(30-25-10-5-4-9-23(24)25)20-11-12-27(35-2)28(17-20)36-3/h4-12,17-19H,13-16H2,1-3H3. The summed E-state index contributed by atoms with van der Waals surface area (Å²) in [4.78, 5) is 22.8. The molecule has 0 bridgehead atoms. The Kier molecular flexibility index (Phi) is 6.62. The Morgan fingerprint density at radius 3 is 2.31 bits per heavy atom. The van der Waals surface area contributed by atoms with E-state index in [0.717, 1.165) is 41.0 Å². The van der Waals surface area contributed by atoms with E-state index < -0.39 is 0 Å². The number of hydrogen-bond donors (Lipinski definition) is 0. The van der Waals surface area contributed by atoms with Gasteiger partial charge in [-0.1, -0.05) is 24.3 Å². The number of aromatic nitrogens is 1. The Morgan fingerprint density at radius 2 is 1.56 bits per heavy atom. The lowest BCUT2D eigenvalue weighted by atomic mass is 10.0. The molecule has 1 aliphatic rings. The first-order chi connectivity index (χ1) is 17.6. The van der Waals surface area contributed by atoms with Crippen molar-refractivity contribution >= 4 is 22.5 Å². The maximum atomic E-state index is 13.8. The second-order valence-electron chi connectivity index (χ2n) is 8.62. The van der Waals surface area contributed by atoms with Gasteiger partial charge >= 0.3 is 0 Å². The predicted octanol–water partition coefficient (Wildman–Crippen LogP) is 4.89. The largest absolute Gasteiger partial charge is 0.497 e. The number of benzene rings is 3. The van der Waals surface area contributed by atoms with Crippen molar-refractivity contribution in [3.63, 3.8) is 0 Å². The highest BCUT2D eigenvalue weighted by atomic mass is 16.5. The van der Waals surface area contributed by atoms with Gasteiger partial charge in [-0.3, -0.25) is 4.79 Å². The average molecular weight is 484 g/mol. The highest BCUT2D eigenvalue weighted by Gasteiger charge is 2.25. The van der Waals surface area contributed by atoms with Gasteiger partial charge in [0.2, 0.25) is 0 Å². The predicted molar refractivity (Wildman–Crippen MR) is 141 cm³/mol. The van der Waals surface area contributed by atoms with Crippen LogP contribution in [0.4, 0.5) is 5.69 Å². The van der Waals surface area contributed by atoms with E-state index in [4.69, 9.17) is 19.2 Å². The normalized spacial score (nSPS) is 13.5. The van der Waals surface area contributed by atoms with Crippen molar-refractivity contribution in [2.45, 2.75) is 0 Å². The minimum Gasteiger partial charge on any atom is -0.497 e. The Morgan fingerprint density at radius 1 is 0.778 bits per heavy atom. The van der Waals surface area contributed by atoms with Crippen LogP contribution in [0.15, 0.2) is 72.8 Å². The average Bonchev–Trinajstić information content (AvgIpc) is 2.95. The van der Waals surface area contributed by atoms with E-state index in [-0.39, 0.29) is 5.91 Å². The molecule has 2 heterocycles. The number of nitrogens with zero attached hydrogens (tertiary/aromatic N) is 3. The van der Waals surface area contributed by atoms with Crippen LogP contribution >= 0.6 is 0 Å². The lowest BCUT2D eigenvalue weighted by Crippen LogP contribution is -2.48. The highest BCUT2D eigenvalue weighted by Crippen LogP contribution is 2.33. The van der Waals surface area contributed by atoms with Gasteiger partial charge in [0.05, 0.1) is 38.1 Å². The minimum atomic E-state index is 0.0145. The van der Waals surface area contributed by atoms with Crippen LogP contribution in [0.25, 0.3) is 22.2 Å². The fourth-order valence-electron chi connectivity index (χ4n) is 4.64. The summed E-state index contributed by atoms with van der Waals surface area (Å²) in [5.74, 6) is 2.11. The molecule has 0 saturated carbocycles. The zero-order chi connectivity index (χ0) is 25.1.